The van der Waals surface area contributed by atoms with Crippen molar-refractivity contribution in [3.63, 3.8) is 0 Å². The number of hydrogen-bond acceptors (Lipinski definition) is 3. The largest absolute Gasteiger partial charge is 0.302 e. The lowest BCUT2D eigenvalue weighted by Crippen LogP contribution is -2.23. The third kappa shape index (κ3) is 2.01. The monoisotopic (exact) mass is 244 g/mol. The molecule has 1 aliphatic heterocycles. The Morgan fingerprint density at radius 2 is 2.24 bits per heavy atom. The normalized spacial score (nSPS) is 17.4. The summed E-state index contributed by atoms with van der Waals surface area (Å²) in [6.45, 7) is 4.32. The van der Waals surface area contributed by atoms with Crippen molar-refractivity contribution in [3.8, 4) is 0 Å². The van der Waals surface area contributed by atoms with Crippen LogP contribution in [0.5, 0.6) is 0 Å². The molecule has 1 aromatic heterocycles. The summed E-state index contributed by atoms with van der Waals surface area (Å²) in [5, 5.41) is 1.21. The average Bonchev–Trinajstić information content (AvgIpc) is 2.75. The summed E-state index contributed by atoms with van der Waals surface area (Å²) < 4.78 is 1.31. The zero-order valence-corrected chi connectivity index (χ0v) is 11.0. The third-order valence-electron chi connectivity index (χ3n) is 3.31. The van der Waals surface area contributed by atoms with E-state index in [1.165, 1.54) is 26.4 Å². The minimum atomic E-state index is 1.05. The highest BCUT2D eigenvalue weighted by Crippen LogP contribution is 2.31. The van der Waals surface area contributed by atoms with Crippen molar-refractivity contribution in [3.05, 3.63) is 34.8 Å². The van der Waals surface area contributed by atoms with E-state index < -0.39 is 0 Å². The van der Waals surface area contributed by atoms with Gasteiger partial charge in [0, 0.05) is 13.1 Å². The van der Waals surface area contributed by atoms with Gasteiger partial charge in [0.15, 0.2) is 0 Å². The molecule has 0 saturated carbocycles. The van der Waals surface area contributed by atoms with Gasteiger partial charge in [-0.05, 0) is 37.6 Å². The van der Waals surface area contributed by atoms with Crippen molar-refractivity contribution in [1.82, 2.24) is 9.88 Å². The summed E-state index contributed by atoms with van der Waals surface area (Å²) in [5.41, 5.74) is 3.87. The Kier molecular flexibility index (Phi) is 2.73. The zero-order chi connectivity index (χ0) is 11.8. The Morgan fingerprint density at radius 3 is 2.94 bits per heavy atom. The lowest BCUT2D eigenvalue weighted by Gasteiger charge is -2.20. The highest BCUT2D eigenvalue weighted by molar-refractivity contribution is 7.19. The van der Waals surface area contributed by atoms with Gasteiger partial charge in [-0.2, -0.15) is 0 Å². The second-order valence-electron chi connectivity index (χ2n) is 4.68. The maximum absolute atomic E-state index is 4.79. The van der Waals surface area contributed by atoms with Crippen LogP contribution in [0.4, 0.5) is 0 Å². The van der Waals surface area contributed by atoms with Crippen LogP contribution in [0.15, 0.2) is 24.3 Å². The first kappa shape index (κ1) is 10.9. The van der Waals surface area contributed by atoms with Gasteiger partial charge in [-0.25, -0.2) is 4.98 Å². The van der Waals surface area contributed by atoms with Crippen molar-refractivity contribution in [2.45, 2.75) is 13.3 Å². The maximum Gasteiger partial charge on any atom is 0.120 e. The van der Waals surface area contributed by atoms with E-state index in [1.807, 2.05) is 11.3 Å². The Labute approximate surface area is 106 Å². The summed E-state index contributed by atoms with van der Waals surface area (Å²) in [7, 11) is 2.16. The second-order valence-corrected chi connectivity index (χ2v) is 5.71. The first-order chi connectivity index (χ1) is 8.24. The SMILES string of the molecule is Cc1cccc2sc(C3=CCN(C)CC3)nc12. The van der Waals surface area contributed by atoms with Crippen LogP contribution in [-0.2, 0) is 0 Å². The van der Waals surface area contributed by atoms with Gasteiger partial charge in [0.05, 0.1) is 10.2 Å². The molecule has 1 aromatic carbocycles. The molecule has 1 aliphatic rings. The van der Waals surface area contributed by atoms with Crippen LogP contribution in [0.3, 0.4) is 0 Å². The molecule has 0 spiro atoms. The fourth-order valence-corrected chi connectivity index (χ4v) is 3.30. The van der Waals surface area contributed by atoms with E-state index in [2.05, 4.69) is 43.1 Å². The van der Waals surface area contributed by atoms with Crippen molar-refractivity contribution >= 4 is 27.1 Å². The van der Waals surface area contributed by atoms with Gasteiger partial charge in [0.25, 0.3) is 0 Å². The standard InChI is InChI=1S/C14H16N2S/c1-10-4-3-5-12-13(10)15-14(17-12)11-6-8-16(2)9-7-11/h3-6H,7-9H2,1-2H3. The van der Waals surface area contributed by atoms with E-state index in [-0.39, 0.29) is 0 Å². The molecule has 0 aliphatic carbocycles. The molecule has 0 amide bonds. The molecule has 2 nitrogen and oxygen atoms in total. The van der Waals surface area contributed by atoms with E-state index in [1.54, 1.807) is 0 Å². The van der Waals surface area contributed by atoms with Crippen molar-refractivity contribution in [1.29, 1.82) is 0 Å². The topological polar surface area (TPSA) is 16.1 Å². The molecular weight excluding hydrogens is 228 g/mol. The maximum atomic E-state index is 4.79. The predicted octanol–water partition coefficient (Wildman–Crippen LogP) is 3.32. The first-order valence-corrected chi connectivity index (χ1v) is 6.80. The minimum Gasteiger partial charge on any atom is -0.302 e. The molecule has 17 heavy (non-hydrogen) atoms. The van der Waals surface area contributed by atoms with Gasteiger partial charge in [0.2, 0.25) is 0 Å². The van der Waals surface area contributed by atoms with Crippen LogP contribution in [-0.4, -0.2) is 30.0 Å². The average molecular weight is 244 g/mol. The molecule has 0 N–H and O–H groups in total. The van der Waals surface area contributed by atoms with Gasteiger partial charge in [0.1, 0.15) is 5.01 Å². The molecule has 3 rings (SSSR count). The fraction of sp³-hybridized carbons (Fsp3) is 0.357. The van der Waals surface area contributed by atoms with Crippen molar-refractivity contribution in [2.24, 2.45) is 0 Å². The molecule has 0 radical (unpaired) electrons. The molecule has 0 fully saturated rings. The number of hydrogen-bond donors (Lipinski definition) is 0. The van der Waals surface area contributed by atoms with Gasteiger partial charge < -0.3 is 4.90 Å². The van der Waals surface area contributed by atoms with E-state index >= 15 is 0 Å². The van der Waals surface area contributed by atoms with E-state index in [0.29, 0.717) is 0 Å². The van der Waals surface area contributed by atoms with E-state index in [4.69, 9.17) is 4.98 Å². The number of aromatic nitrogens is 1. The number of likely N-dealkylation sites (N-methyl/N-ethyl adjacent to an activating group) is 1. The second kappa shape index (κ2) is 4.24. The molecule has 2 aromatic rings. The molecule has 3 heteroatoms. The van der Waals surface area contributed by atoms with Gasteiger partial charge in [-0.15, -0.1) is 11.3 Å². The highest BCUT2D eigenvalue weighted by Gasteiger charge is 2.13. The van der Waals surface area contributed by atoms with Gasteiger partial charge in [-0.1, -0.05) is 18.2 Å². The Hall–Kier alpha value is -1.19. The molecule has 0 saturated heterocycles. The number of aryl methyl sites for hydroxylation is 1. The lowest BCUT2D eigenvalue weighted by atomic mass is 10.1. The molecule has 88 valence electrons. The third-order valence-corrected chi connectivity index (χ3v) is 4.40. The van der Waals surface area contributed by atoms with Gasteiger partial charge in [-0.3, -0.25) is 0 Å². The number of para-hydroxylation sites is 1. The smallest absolute Gasteiger partial charge is 0.120 e. The fourth-order valence-electron chi connectivity index (χ4n) is 2.19. The summed E-state index contributed by atoms with van der Waals surface area (Å²) in [5.74, 6) is 0. The number of rotatable bonds is 1. The van der Waals surface area contributed by atoms with Crippen LogP contribution >= 0.6 is 11.3 Å². The first-order valence-electron chi connectivity index (χ1n) is 5.98. The van der Waals surface area contributed by atoms with Crippen LogP contribution < -0.4 is 0 Å². The number of benzene rings is 1. The van der Waals surface area contributed by atoms with Crippen molar-refractivity contribution in [2.75, 3.05) is 20.1 Å². The zero-order valence-electron chi connectivity index (χ0n) is 10.2. The quantitative estimate of drug-likeness (QED) is 0.765. The summed E-state index contributed by atoms with van der Waals surface area (Å²) in [6, 6.07) is 6.41. The molecular formula is C14H16N2S. The Balaban J connectivity index is 2.04. The Bertz CT molecular complexity index is 583. The van der Waals surface area contributed by atoms with E-state index in [0.717, 1.165) is 19.5 Å². The number of nitrogens with zero attached hydrogens (tertiary/aromatic N) is 2. The van der Waals surface area contributed by atoms with Crippen LogP contribution in [0.2, 0.25) is 0 Å². The number of thiazole rings is 1. The van der Waals surface area contributed by atoms with Crippen LogP contribution in [0, 0.1) is 6.92 Å². The molecule has 2 heterocycles. The molecule has 0 bridgehead atoms. The Morgan fingerprint density at radius 1 is 1.35 bits per heavy atom. The lowest BCUT2D eigenvalue weighted by molar-refractivity contribution is 0.370. The highest BCUT2D eigenvalue weighted by atomic mass is 32.1. The molecule has 0 unspecified atom stereocenters. The summed E-state index contributed by atoms with van der Waals surface area (Å²) >= 11 is 1.82. The minimum absolute atomic E-state index is 1.05. The van der Waals surface area contributed by atoms with Crippen molar-refractivity contribution < 1.29 is 0 Å². The number of fused-ring (bicyclic) bond motifs is 1. The van der Waals surface area contributed by atoms with Gasteiger partial charge >= 0.3 is 0 Å². The predicted molar refractivity (Wildman–Crippen MR) is 74.4 cm³/mol. The van der Waals surface area contributed by atoms with Crippen LogP contribution in [0.25, 0.3) is 15.8 Å². The van der Waals surface area contributed by atoms with Crippen LogP contribution in [0.1, 0.15) is 17.0 Å². The summed E-state index contributed by atoms with van der Waals surface area (Å²) in [6.07, 6.45) is 3.44. The van der Waals surface area contributed by atoms with E-state index in [9.17, 15) is 0 Å². The summed E-state index contributed by atoms with van der Waals surface area (Å²) in [4.78, 5) is 7.13. The molecule has 0 atom stereocenters.